The lowest BCUT2D eigenvalue weighted by Gasteiger charge is -2.50. The second-order valence-corrected chi connectivity index (χ2v) is 13.3. The number of esters is 4. The van der Waals surface area contributed by atoms with E-state index in [4.69, 9.17) is 42.6 Å². The first kappa shape index (κ1) is 38.8. The summed E-state index contributed by atoms with van der Waals surface area (Å²) >= 11 is 0. The highest BCUT2D eigenvalue weighted by molar-refractivity contribution is 5.91. The van der Waals surface area contributed by atoms with E-state index in [1.165, 1.54) is 24.3 Å². The fourth-order valence-corrected chi connectivity index (χ4v) is 6.77. The molecule has 3 saturated heterocycles. The fourth-order valence-electron chi connectivity index (χ4n) is 6.77. The summed E-state index contributed by atoms with van der Waals surface area (Å²) < 4.78 is 54.8. The molecule has 0 radical (unpaired) electrons. The molecule has 0 saturated carbocycles. The molecule has 14 heteroatoms. The van der Waals surface area contributed by atoms with Crippen LogP contribution in [-0.4, -0.2) is 97.0 Å². The number of aliphatic hydroxyl groups is 1. The second-order valence-electron chi connectivity index (χ2n) is 13.3. The summed E-state index contributed by atoms with van der Waals surface area (Å²) in [6.45, 7) is 2.68. The lowest BCUT2D eigenvalue weighted by molar-refractivity contribution is -0.386. The van der Waals surface area contributed by atoms with Crippen molar-refractivity contribution in [3.05, 3.63) is 144 Å². The Morgan fingerprint density at radius 2 is 1.05 bits per heavy atom. The van der Waals surface area contributed by atoms with Gasteiger partial charge in [-0.1, -0.05) is 84.9 Å². The Labute approximate surface area is 322 Å². The van der Waals surface area contributed by atoms with Crippen LogP contribution in [-0.2, 0) is 47.4 Å². The van der Waals surface area contributed by atoms with Crippen molar-refractivity contribution in [2.75, 3.05) is 6.61 Å². The zero-order valence-electron chi connectivity index (χ0n) is 30.4. The Morgan fingerprint density at radius 1 is 0.571 bits per heavy atom. The maximum Gasteiger partial charge on any atom is 0.338 e. The predicted molar refractivity (Wildman–Crippen MR) is 193 cm³/mol. The summed E-state index contributed by atoms with van der Waals surface area (Å²) in [6.07, 6.45) is -14.6. The summed E-state index contributed by atoms with van der Waals surface area (Å²) in [5, 5.41) is 11.2. The molecule has 4 aromatic carbocycles. The minimum absolute atomic E-state index is 0.0445. The summed E-state index contributed by atoms with van der Waals surface area (Å²) in [4.78, 5) is 53.5. The molecule has 292 valence electrons. The quantitative estimate of drug-likeness (QED) is 0.176. The topological polar surface area (TPSA) is 172 Å². The Hall–Kier alpha value is -5.48. The highest BCUT2D eigenvalue weighted by Crippen LogP contribution is 2.39. The predicted octanol–water partition coefficient (Wildman–Crippen LogP) is 4.56. The van der Waals surface area contributed by atoms with E-state index in [9.17, 15) is 24.3 Å². The number of hydrogen-bond acceptors (Lipinski definition) is 14. The van der Waals surface area contributed by atoms with Gasteiger partial charge in [-0.15, -0.1) is 0 Å². The van der Waals surface area contributed by atoms with E-state index < -0.39 is 91.6 Å². The molecule has 0 aromatic heterocycles. The summed E-state index contributed by atoms with van der Waals surface area (Å²) in [6, 6.07) is 33.4. The van der Waals surface area contributed by atoms with Gasteiger partial charge in [-0.05, 0) is 43.3 Å². The SMILES string of the molecule is CC(=O)O[C@H]1C(O)O[C@@H]2CO[C@@H](c3ccccc3)O[C@H]2[C@@H]1O[C@@H]1O[C@@H](C)[C@H](OC(=O)c2ccccc2)[C@@H](OC(=O)c2ccccc2)[C@H]1OC(=O)c1ccccc1. The molecule has 56 heavy (non-hydrogen) atoms. The van der Waals surface area contributed by atoms with Crippen molar-refractivity contribution in [3.63, 3.8) is 0 Å². The number of carbonyl (C=O) groups is 4. The molecule has 7 rings (SSSR count). The zero-order chi connectivity index (χ0) is 39.2. The van der Waals surface area contributed by atoms with Gasteiger partial charge in [-0.25, -0.2) is 14.4 Å². The van der Waals surface area contributed by atoms with Gasteiger partial charge in [0.2, 0.25) is 0 Å². The van der Waals surface area contributed by atoms with Gasteiger partial charge >= 0.3 is 23.9 Å². The first-order valence-corrected chi connectivity index (χ1v) is 18.1. The first-order chi connectivity index (χ1) is 27.2. The molecular weight excluding hydrogens is 728 g/mol. The van der Waals surface area contributed by atoms with Crippen LogP contribution in [0.25, 0.3) is 0 Å². The lowest BCUT2D eigenvalue weighted by atomic mass is 9.95. The maximum absolute atomic E-state index is 13.8. The lowest BCUT2D eigenvalue weighted by Crippen LogP contribution is -2.67. The number of aliphatic hydroxyl groups excluding tert-OH is 1. The van der Waals surface area contributed by atoms with Crippen molar-refractivity contribution in [2.24, 2.45) is 0 Å². The van der Waals surface area contributed by atoms with E-state index in [1.54, 1.807) is 85.8 Å². The molecule has 3 aliphatic heterocycles. The van der Waals surface area contributed by atoms with Crippen molar-refractivity contribution in [1.82, 2.24) is 0 Å². The molecule has 3 fully saturated rings. The summed E-state index contributed by atoms with van der Waals surface area (Å²) in [7, 11) is 0. The first-order valence-electron chi connectivity index (χ1n) is 18.1. The van der Waals surface area contributed by atoms with Gasteiger partial charge in [0.1, 0.15) is 18.3 Å². The molecule has 1 N–H and O–H groups in total. The van der Waals surface area contributed by atoms with Crippen molar-refractivity contribution in [2.45, 2.75) is 81.5 Å². The molecular formula is C42H40O14. The molecule has 3 aliphatic rings. The van der Waals surface area contributed by atoms with Crippen molar-refractivity contribution < 1.29 is 66.9 Å². The van der Waals surface area contributed by atoms with E-state index in [1.807, 2.05) is 18.2 Å². The van der Waals surface area contributed by atoms with Crippen LogP contribution in [0, 0.1) is 0 Å². The maximum atomic E-state index is 13.8. The zero-order valence-corrected chi connectivity index (χ0v) is 30.4. The van der Waals surface area contributed by atoms with Crippen molar-refractivity contribution in [3.8, 4) is 0 Å². The number of rotatable bonds is 10. The highest BCUT2D eigenvalue weighted by atomic mass is 16.8. The molecule has 0 bridgehead atoms. The minimum Gasteiger partial charge on any atom is -0.454 e. The van der Waals surface area contributed by atoms with Crippen LogP contribution in [0.4, 0.5) is 0 Å². The van der Waals surface area contributed by atoms with E-state index in [0.29, 0.717) is 5.56 Å². The van der Waals surface area contributed by atoms with Crippen LogP contribution < -0.4 is 0 Å². The van der Waals surface area contributed by atoms with Crippen LogP contribution in [0.2, 0.25) is 0 Å². The van der Waals surface area contributed by atoms with Gasteiger partial charge in [0.05, 0.1) is 29.4 Å². The second kappa shape index (κ2) is 17.5. The fraction of sp³-hybridized carbons (Fsp3) is 0.333. The average molecular weight is 769 g/mol. The number of ether oxygens (including phenoxy) is 9. The van der Waals surface area contributed by atoms with E-state index in [2.05, 4.69) is 0 Å². The van der Waals surface area contributed by atoms with Crippen LogP contribution in [0.15, 0.2) is 121 Å². The molecule has 0 aliphatic carbocycles. The highest BCUT2D eigenvalue weighted by Gasteiger charge is 2.57. The molecule has 1 unspecified atom stereocenters. The van der Waals surface area contributed by atoms with Gasteiger partial charge in [-0.2, -0.15) is 0 Å². The Bertz CT molecular complexity index is 1950. The van der Waals surface area contributed by atoms with Gasteiger partial charge in [0.15, 0.2) is 43.3 Å². The molecule has 4 aromatic rings. The third-order valence-electron chi connectivity index (χ3n) is 9.45. The number of benzene rings is 4. The van der Waals surface area contributed by atoms with E-state index in [-0.39, 0.29) is 23.3 Å². The monoisotopic (exact) mass is 768 g/mol. The molecule has 3 heterocycles. The van der Waals surface area contributed by atoms with Crippen LogP contribution >= 0.6 is 0 Å². The summed E-state index contributed by atoms with van der Waals surface area (Å²) in [5.74, 6) is -3.18. The number of carbonyl (C=O) groups excluding carboxylic acids is 4. The smallest absolute Gasteiger partial charge is 0.338 e. The van der Waals surface area contributed by atoms with Gasteiger partial charge in [0, 0.05) is 12.5 Å². The minimum atomic E-state index is -1.71. The molecule has 0 amide bonds. The van der Waals surface area contributed by atoms with E-state index in [0.717, 1.165) is 6.92 Å². The Morgan fingerprint density at radius 3 is 1.57 bits per heavy atom. The average Bonchev–Trinajstić information content (AvgIpc) is 3.22. The van der Waals surface area contributed by atoms with Crippen molar-refractivity contribution in [1.29, 1.82) is 0 Å². The third kappa shape index (κ3) is 8.81. The normalized spacial score (nSPS) is 29.9. The Kier molecular flexibility index (Phi) is 12.1. The summed E-state index contributed by atoms with van der Waals surface area (Å²) in [5.41, 5.74) is 1.19. The van der Waals surface area contributed by atoms with Crippen LogP contribution in [0.5, 0.6) is 0 Å². The molecule has 0 spiro atoms. The van der Waals surface area contributed by atoms with Gasteiger partial charge in [-0.3, -0.25) is 4.79 Å². The van der Waals surface area contributed by atoms with Gasteiger partial charge in [0.25, 0.3) is 0 Å². The molecule has 11 atom stereocenters. The third-order valence-corrected chi connectivity index (χ3v) is 9.45. The van der Waals surface area contributed by atoms with Gasteiger partial charge < -0.3 is 47.7 Å². The largest absolute Gasteiger partial charge is 0.454 e. The van der Waals surface area contributed by atoms with Crippen LogP contribution in [0.3, 0.4) is 0 Å². The van der Waals surface area contributed by atoms with E-state index >= 15 is 0 Å². The van der Waals surface area contributed by atoms with Crippen molar-refractivity contribution >= 4 is 23.9 Å². The standard InChI is InChI=1S/C42H40O14/c1-24-31(52-37(44)26-15-7-3-8-16-26)33(53-38(45)27-17-9-4-10-18-27)36(54-39(46)28-19-11-5-12-20-28)42(49-24)56-34-32-30(51-40(47)35(34)50-25(2)43)23-48-41(55-32)29-21-13-6-14-22-29/h3-22,24,30-36,40-42,47H,23H2,1-2H3/t24-,30+,31-,32+,33+,34-,35+,36+,40?,41+,42-/m0/s1. The molecule has 14 nitrogen and oxygen atoms in total. The number of hydrogen-bond donors (Lipinski definition) is 1. The van der Waals surface area contributed by atoms with Crippen LogP contribution in [0.1, 0.15) is 56.8 Å². The number of fused-ring (bicyclic) bond motifs is 1. The Balaban J connectivity index is 1.27.